The summed E-state index contributed by atoms with van der Waals surface area (Å²) in [5, 5.41) is 3.58. The van der Waals surface area contributed by atoms with Crippen LogP contribution in [-0.4, -0.2) is 55.2 Å². The second-order valence-electron chi connectivity index (χ2n) is 6.27. The molecular weight excluding hydrogens is 242 g/mol. The molecule has 3 N–H and O–H groups in total. The molecule has 1 aliphatic heterocycles. The van der Waals surface area contributed by atoms with Crippen molar-refractivity contribution in [3.05, 3.63) is 0 Å². The van der Waals surface area contributed by atoms with Gasteiger partial charge in [-0.2, -0.15) is 0 Å². The summed E-state index contributed by atoms with van der Waals surface area (Å²) in [7, 11) is 0. The van der Waals surface area contributed by atoms with E-state index in [1.165, 1.54) is 12.8 Å². The van der Waals surface area contributed by atoms with E-state index in [-0.39, 0.29) is 5.91 Å². The molecular formula is C14H25N3O2. The Morgan fingerprint density at radius 2 is 2.05 bits per heavy atom. The van der Waals surface area contributed by atoms with Crippen LogP contribution in [0.4, 0.5) is 0 Å². The number of nitrogens with one attached hydrogen (secondary N) is 1. The highest BCUT2D eigenvalue weighted by molar-refractivity contribution is 5.86. The fourth-order valence-corrected chi connectivity index (χ4v) is 3.12. The number of carbonyl (C=O) groups is 1. The van der Waals surface area contributed by atoms with Gasteiger partial charge in [0, 0.05) is 32.3 Å². The number of hydrogen-bond donors (Lipinski definition) is 2. The van der Waals surface area contributed by atoms with Crippen molar-refractivity contribution in [2.24, 2.45) is 11.7 Å². The average molecular weight is 267 g/mol. The van der Waals surface area contributed by atoms with Crippen molar-refractivity contribution in [1.29, 1.82) is 0 Å². The Balaban J connectivity index is 1.71. The molecule has 19 heavy (non-hydrogen) atoms. The first-order chi connectivity index (χ1) is 9.21. The lowest BCUT2D eigenvalue weighted by Gasteiger charge is -2.37. The molecule has 1 heterocycles. The normalized spacial score (nSPS) is 28.6. The summed E-state index contributed by atoms with van der Waals surface area (Å²) >= 11 is 0. The van der Waals surface area contributed by atoms with Gasteiger partial charge in [-0.25, -0.2) is 0 Å². The lowest BCUT2D eigenvalue weighted by atomic mass is 9.90. The molecule has 0 radical (unpaired) electrons. The number of amides is 1. The van der Waals surface area contributed by atoms with Gasteiger partial charge in [0.15, 0.2) is 0 Å². The third-order valence-corrected chi connectivity index (χ3v) is 4.54. The minimum Gasteiger partial charge on any atom is -0.380 e. The second-order valence-corrected chi connectivity index (χ2v) is 6.27. The van der Waals surface area contributed by atoms with E-state index in [0.717, 1.165) is 52.1 Å². The Labute approximate surface area is 114 Å². The fourth-order valence-electron chi connectivity index (χ4n) is 3.12. The number of carbonyl (C=O) groups excluding carboxylic acids is 1. The predicted molar refractivity (Wildman–Crippen MR) is 72.7 cm³/mol. The van der Waals surface area contributed by atoms with Crippen molar-refractivity contribution in [2.45, 2.75) is 43.7 Å². The largest absolute Gasteiger partial charge is 0.380 e. The van der Waals surface area contributed by atoms with E-state index >= 15 is 0 Å². The molecule has 108 valence electrons. The molecule has 5 heteroatoms. The Hall–Kier alpha value is -0.650. The summed E-state index contributed by atoms with van der Waals surface area (Å²) in [4.78, 5) is 14.5. The number of nitrogens with two attached hydrogens (primary N) is 1. The van der Waals surface area contributed by atoms with Crippen LogP contribution in [0.2, 0.25) is 0 Å². The minimum atomic E-state index is -0.495. The van der Waals surface area contributed by atoms with Crippen LogP contribution in [0.1, 0.15) is 32.1 Å². The highest BCUT2D eigenvalue weighted by Gasteiger charge is 2.52. The van der Waals surface area contributed by atoms with Crippen molar-refractivity contribution in [3.8, 4) is 0 Å². The lowest BCUT2D eigenvalue weighted by Crippen LogP contribution is -2.64. The van der Waals surface area contributed by atoms with E-state index in [1.807, 2.05) is 0 Å². The van der Waals surface area contributed by atoms with E-state index in [0.29, 0.717) is 12.0 Å². The number of nitrogens with zero attached hydrogens (tertiary/aromatic N) is 1. The lowest BCUT2D eigenvalue weighted by molar-refractivity contribution is -0.126. The molecule has 1 atom stereocenters. The van der Waals surface area contributed by atoms with Gasteiger partial charge in [-0.05, 0) is 38.0 Å². The first kappa shape index (κ1) is 13.3. The molecule has 0 aromatic rings. The van der Waals surface area contributed by atoms with Crippen LogP contribution in [0.5, 0.6) is 0 Å². The molecule has 0 aromatic carbocycles. The maximum absolute atomic E-state index is 12.1. The number of rotatable bonds is 6. The topological polar surface area (TPSA) is 67.6 Å². The van der Waals surface area contributed by atoms with Crippen LogP contribution in [0.15, 0.2) is 0 Å². The van der Waals surface area contributed by atoms with E-state index in [9.17, 15) is 4.79 Å². The number of primary amides is 1. The quantitative estimate of drug-likeness (QED) is 0.716. The molecule has 0 bridgehead atoms. The molecule has 3 aliphatic rings. The third-order valence-electron chi connectivity index (χ3n) is 4.54. The van der Waals surface area contributed by atoms with Gasteiger partial charge in [-0.15, -0.1) is 0 Å². The zero-order valence-electron chi connectivity index (χ0n) is 11.6. The summed E-state index contributed by atoms with van der Waals surface area (Å²) in [5.41, 5.74) is 5.29. The van der Waals surface area contributed by atoms with Gasteiger partial charge in [0.2, 0.25) is 5.91 Å². The molecule has 1 saturated heterocycles. The van der Waals surface area contributed by atoms with Gasteiger partial charge in [-0.3, -0.25) is 15.0 Å². The number of hydrogen-bond acceptors (Lipinski definition) is 4. The first-order valence-corrected chi connectivity index (χ1v) is 7.58. The van der Waals surface area contributed by atoms with Crippen LogP contribution < -0.4 is 11.1 Å². The predicted octanol–water partition coefficient (Wildman–Crippen LogP) is 0.0948. The summed E-state index contributed by atoms with van der Waals surface area (Å²) in [6.07, 6.45) is 5.68. The smallest absolute Gasteiger partial charge is 0.239 e. The molecule has 3 fully saturated rings. The van der Waals surface area contributed by atoms with E-state index in [4.69, 9.17) is 10.5 Å². The van der Waals surface area contributed by atoms with Gasteiger partial charge in [0.1, 0.15) is 5.54 Å². The summed E-state index contributed by atoms with van der Waals surface area (Å²) < 4.78 is 5.49. The molecule has 0 spiro atoms. The van der Waals surface area contributed by atoms with E-state index < -0.39 is 5.54 Å². The van der Waals surface area contributed by atoms with E-state index in [1.54, 1.807) is 0 Å². The number of ether oxygens (including phenoxy) is 1. The van der Waals surface area contributed by atoms with Crippen LogP contribution in [-0.2, 0) is 9.53 Å². The maximum Gasteiger partial charge on any atom is 0.239 e. The zero-order valence-corrected chi connectivity index (χ0v) is 11.6. The highest BCUT2D eigenvalue weighted by atomic mass is 16.5. The van der Waals surface area contributed by atoms with Crippen molar-refractivity contribution < 1.29 is 9.53 Å². The average Bonchev–Trinajstić information content (AvgIpc) is 3.23. The van der Waals surface area contributed by atoms with Gasteiger partial charge in [0.05, 0.1) is 6.61 Å². The molecule has 2 aliphatic carbocycles. The molecule has 1 unspecified atom stereocenters. The SMILES string of the molecule is NC(=O)C(CN1CCCOCC1)(NC1CC1)C1CC1. The fraction of sp³-hybridized carbons (Fsp3) is 0.929. The minimum absolute atomic E-state index is 0.160. The van der Waals surface area contributed by atoms with Gasteiger partial charge in [-0.1, -0.05) is 0 Å². The highest BCUT2D eigenvalue weighted by Crippen LogP contribution is 2.42. The van der Waals surface area contributed by atoms with Crippen LogP contribution in [0, 0.1) is 5.92 Å². The van der Waals surface area contributed by atoms with Crippen molar-refractivity contribution >= 4 is 5.91 Å². The Bertz CT molecular complexity index is 334. The van der Waals surface area contributed by atoms with E-state index in [2.05, 4.69) is 10.2 Å². The standard InChI is InChI=1S/C14H25N3O2/c15-13(18)14(11-2-3-11,16-12-4-5-12)10-17-6-1-8-19-9-7-17/h11-12,16H,1-10H2,(H2,15,18). The van der Waals surface area contributed by atoms with Crippen LogP contribution >= 0.6 is 0 Å². The van der Waals surface area contributed by atoms with Crippen molar-refractivity contribution in [1.82, 2.24) is 10.2 Å². The molecule has 3 rings (SSSR count). The molecule has 2 saturated carbocycles. The second kappa shape index (κ2) is 5.38. The summed E-state index contributed by atoms with van der Waals surface area (Å²) in [6.45, 7) is 4.28. The van der Waals surface area contributed by atoms with Crippen molar-refractivity contribution in [2.75, 3.05) is 32.8 Å². The Kier molecular flexibility index (Phi) is 3.78. The van der Waals surface area contributed by atoms with Crippen molar-refractivity contribution in [3.63, 3.8) is 0 Å². The summed E-state index contributed by atoms with van der Waals surface area (Å²) in [5.74, 6) is 0.279. The van der Waals surface area contributed by atoms with Gasteiger partial charge < -0.3 is 10.5 Å². The van der Waals surface area contributed by atoms with Crippen LogP contribution in [0.25, 0.3) is 0 Å². The maximum atomic E-state index is 12.1. The Morgan fingerprint density at radius 3 is 2.68 bits per heavy atom. The van der Waals surface area contributed by atoms with Gasteiger partial charge >= 0.3 is 0 Å². The summed E-state index contributed by atoms with van der Waals surface area (Å²) in [6, 6.07) is 0.510. The molecule has 1 amide bonds. The Morgan fingerprint density at radius 1 is 1.26 bits per heavy atom. The van der Waals surface area contributed by atoms with Gasteiger partial charge in [0.25, 0.3) is 0 Å². The molecule has 5 nitrogen and oxygen atoms in total. The third kappa shape index (κ3) is 3.09. The van der Waals surface area contributed by atoms with Crippen LogP contribution in [0.3, 0.4) is 0 Å². The molecule has 0 aromatic heterocycles. The first-order valence-electron chi connectivity index (χ1n) is 7.58. The monoisotopic (exact) mass is 267 g/mol. The zero-order chi connectivity index (χ0) is 13.3.